The molecule has 4 nitrogen and oxygen atoms in total. The zero-order valence-corrected chi connectivity index (χ0v) is 17.2. The fraction of sp³-hybridized carbons (Fsp3) is 0.125. The Kier molecular flexibility index (Phi) is 5.99. The third-order valence-corrected chi connectivity index (χ3v) is 5.13. The van der Waals surface area contributed by atoms with Crippen LogP contribution < -0.4 is 5.32 Å². The molecule has 0 saturated carbocycles. The van der Waals surface area contributed by atoms with Gasteiger partial charge in [-0.15, -0.1) is 0 Å². The largest absolute Gasteiger partial charge is 0.418 e. The molecule has 0 fully saturated rings. The molecule has 1 atom stereocenters. The highest BCUT2D eigenvalue weighted by molar-refractivity contribution is 5.98. The van der Waals surface area contributed by atoms with Gasteiger partial charge in [0.05, 0.1) is 28.4 Å². The molecule has 2 aromatic carbocycles. The van der Waals surface area contributed by atoms with Gasteiger partial charge in [-0.25, -0.2) is 0 Å². The smallest absolute Gasteiger partial charge is 0.340 e. The molecule has 0 bridgehead atoms. The van der Waals surface area contributed by atoms with Crippen LogP contribution in [0.15, 0.2) is 79.1 Å². The van der Waals surface area contributed by atoms with E-state index in [1.165, 1.54) is 12.1 Å². The maximum absolute atomic E-state index is 13.7. The molecule has 0 saturated heterocycles. The van der Waals surface area contributed by atoms with Gasteiger partial charge in [0.1, 0.15) is 0 Å². The zero-order chi connectivity index (χ0) is 24.5. The van der Waals surface area contributed by atoms with Crippen molar-refractivity contribution >= 4 is 16.8 Å². The summed E-state index contributed by atoms with van der Waals surface area (Å²) in [6, 6.07) is 11.9. The second-order valence-corrected chi connectivity index (χ2v) is 7.37. The predicted octanol–water partition coefficient (Wildman–Crippen LogP) is 6.19. The number of carbonyl (C=O) groups excluding carboxylic acids is 1. The summed E-state index contributed by atoms with van der Waals surface area (Å²) in [5, 5.41) is 3.13. The quantitative estimate of drug-likeness (QED) is 0.359. The Hall–Kier alpha value is -3.95. The summed E-state index contributed by atoms with van der Waals surface area (Å²) in [5.74, 6) is -0.727. The van der Waals surface area contributed by atoms with Gasteiger partial charge >= 0.3 is 12.4 Å². The molecule has 1 N–H and O–H groups in total. The number of hydrogen-bond acceptors (Lipinski definition) is 3. The molecule has 10 heteroatoms. The number of benzene rings is 2. The molecule has 174 valence electrons. The van der Waals surface area contributed by atoms with E-state index in [0.717, 1.165) is 42.6 Å². The Morgan fingerprint density at radius 1 is 0.794 bits per heavy atom. The molecule has 34 heavy (non-hydrogen) atoms. The van der Waals surface area contributed by atoms with Crippen LogP contribution in [0.5, 0.6) is 0 Å². The molecule has 1 unspecified atom stereocenters. The second-order valence-electron chi connectivity index (χ2n) is 7.37. The van der Waals surface area contributed by atoms with E-state index in [-0.39, 0.29) is 11.1 Å². The fourth-order valence-corrected chi connectivity index (χ4v) is 3.49. The maximum atomic E-state index is 13.7. The van der Waals surface area contributed by atoms with Crippen molar-refractivity contribution in [1.29, 1.82) is 0 Å². The number of nitrogens with one attached hydrogen (secondary N) is 1. The van der Waals surface area contributed by atoms with E-state index in [4.69, 9.17) is 0 Å². The number of halogens is 6. The van der Waals surface area contributed by atoms with Gasteiger partial charge in [0.2, 0.25) is 0 Å². The predicted molar refractivity (Wildman–Crippen MR) is 112 cm³/mol. The van der Waals surface area contributed by atoms with Crippen molar-refractivity contribution in [3.8, 4) is 0 Å². The first-order valence-electron chi connectivity index (χ1n) is 9.89. The van der Waals surface area contributed by atoms with E-state index >= 15 is 0 Å². The van der Waals surface area contributed by atoms with Crippen molar-refractivity contribution in [2.75, 3.05) is 0 Å². The summed E-state index contributed by atoms with van der Waals surface area (Å²) in [4.78, 5) is 21.0. The van der Waals surface area contributed by atoms with Gasteiger partial charge in [0.25, 0.3) is 5.91 Å². The summed E-state index contributed by atoms with van der Waals surface area (Å²) < 4.78 is 80.0. The van der Waals surface area contributed by atoms with E-state index in [2.05, 4.69) is 15.3 Å². The van der Waals surface area contributed by atoms with Crippen LogP contribution in [0.3, 0.4) is 0 Å². The third-order valence-electron chi connectivity index (χ3n) is 5.13. The van der Waals surface area contributed by atoms with Crippen molar-refractivity contribution < 1.29 is 31.1 Å². The van der Waals surface area contributed by atoms with Gasteiger partial charge in [-0.05, 0) is 54.1 Å². The summed E-state index contributed by atoms with van der Waals surface area (Å²) in [6.45, 7) is 0. The summed E-state index contributed by atoms with van der Waals surface area (Å²) in [5.41, 5.74) is -1.86. The Morgan fingerprint density at radius 3 is 2.15 bits per heavy atom. The molecule has 0 aliphatic rings. The van der Waals surface area contributed by atoms with E-state index in [1.54, 1.807) is 24.4 Å². The number of hydrogen-bond donors (Lipinski definition) is 1. The topological polar surface area (TPSA) is 54.9 Å². The van der Waals surface area contributed by atoms with Crippen LogP contribution in [-0.2, 0) is 12.4 Å². The normalized spacial score (nSPS) is 13.0. The van der Waals surface area contributed by atoms with Crippen LogP contribution in [0, 0.1) is 0 Å². The van der Waals surface area contributed by atoms with Crippen LogP contribution in [0.4, 0.5) is 26.3 Å². The van der Waals surface area contributed by atoms with Crippen LogP contribution >= 0.6 is 0 Å². The van der Waals surface area contributed by atoms with Crippen LogP contribution in [0.1, 0.15) is 38.8 Å². The number of pyridine rings is 2. The maximum Gasteiger partial charge on any atom is 0.418 e. The minimum atomic E-state index is -4.80. The van der Waals surface area contributed by atoms with Gasteiger partial charge in [-0.1, -0.05) is 18.2 Å². The first-order valence-corrected chi connectivity index (χ1v) is 9.89. The summed E-state index contributed by atoms with van der Waals surface area (Å²) >= 11 is 0. The molecule has 0 aliphatic carbocycles. The number of fused-ring (bicyclic) bond motifs is 1. The minimum absolute atomic E-state index is 0.00741. The van der Waals surface area contributed by atoms with Crippen molar-refractivity contribution in [3.63, 3.8) is 0 Å². The third kappa shape index (κ3) is 4.85. The average molecular weight is 475 g/mol. The number of amides is 1. The van der Waals surface area contributed by atoms with Crippen molar-refractivity contribution in [1.82, 2.24) is 15.3 Å². The molecular formula is C24H15F6N3O. The van der Waals surface area contributed by atoms with Crippen molar-refractivity contribution in [2.45, 2.75) is 18.4 Å². The molecule has 0 spiro atoms. The SMILES string of the molecule is O=C(NC(c1ccc(C(F)(F)F)cc1)c1ncccc1C(F)(F)F)c1ccc2ncccc2c1. The van der Waals surface area contributed by atoms with Crippen LogP contribution in [0.25, 0.3) is 10.9 Å². The van der Waals surface area contributed by atoms with Gasteiger partial charge in [-0.2, -0.15) is 26.3 Å². The van der Waals surface area contributed by atoms with Crippen molar-refractivity contribution in [3.05, 3.63) is 107 Å². The van der Waals surface area contributed by atoms with Gasteiger partial charge in [-0.3, -0.25) is 14.8 Å². The zero-order valence-electron chi connectivity index (χ0n) is 17.2. The van der Waals surface area contributed by atoms with Gasteiger partial charge < -0.3 is 5.32 Å². The first kappa shape index (κ1) is 23.2. The molecule has 0 aliphatic heterocycles. The van der Waals surface area contributed by atoms with E-state index in [0.29, 0.717) is 10.9 Å². The highest BCUT2D eigenvalue weighted by Gasteiger charge is 2.37. The van der Waals surface area contributed by atoms with E-state index in [1.807, 2.05) is 0 Å². The summed E-state index contributed by atoms with van der Waals surface area (Å²) in [6.07, 6.45) is -6.73. The minimum Gasteiger partial charge on any atom is -0.340 e. The number of carbonyl (C=O) groups is 1. The Morgan fingerprint density at radius 2 is 1.47 bits per heavy atom. The molecule has 4 aromatic rings. The standard InChI is InChI=1S/C24H15F6N3O/c25-23(26,27)17-8-5-14(6-9-17)20(21-18(24(28,29)30)4-2-12-32-21)33-22(34)16-7-10-19-15(13-16)3-1-11-31-19/h1-13,20H,(H,33,34). The Labute approximate surface area is 189 Å². The average Bonchev–Trinajstić information content (AvgIpc) is 2.81. The second kappa shape index (κ2) is 8.77. The van der Waals surface area contributed by atoms with E-state index in [9.17, 15) is 31.1 Å². The Balaban J connectivity index is 1.77. The highest BCUT2D eigenvalue weighted by Crippen LogP contribution is 2.36. The lowest BCUT2D eigenvalue weighted by atomic mass is 9.97. The van der Waals surface area contributed by atoms with Gasteiger partial charge in [0.15, 0.2) is 0 Å². The molecule has 0 radical (unpaired) electrons. The van der Waals surface area contributed by atoms with Crippen LogP contribution in [0.2, 0.25) is 0 Å². The molecule has 2 aromatic heterocycles. The lowest BCUT2D eigenvalue weighted by Crippen LogP contribution is -2.31. The molecule has 2 heterocycles. The fourth-order valence-electron chi connectivity index (χ4n) is 3.49. The van der Waals surface area contributed by atoms with Crippen molar-refractivity contribution in [2.24, 2.45) is 0 Å². The lowest BCUT2D eigenvalue weighted by Gasteiger charge is -2.23. The molecule has 1 amide bonds. The molecular weight excluding hydrogens is 460 g/mol. The number of rotatable bonds is 4. The summed E-state index contributed by atoms with van der Waals surface area (Å²) in [7, 11) is 0. The van der Waals surface area contributed by atoms with Crippen LogP contribution in [-0.4, -0.2) is 15.9 Å². The lowest BCUT2D eigenvalue weighted by molar-refractivity contribution is -0.139. The van der Waals surface area contributed by atoms with E-state index < -0.39 is 41.1 Å². The number of alkyl halides is 6. The molecule has 4 rings (SSSR count). The Bertz CT molecular complexity index is 1330. The first-order chi connectivity index (χ1) is 16.0. The number of nitrogens with zero attached hydrogens (tertiary/aromatic N) is 2. The van der Waals surface area contributed by atoms with Gasteiger partial charge in [0, 0.05) is 23.3 Å². The number of aromatic nitrogens is 2. The highest BCUT2D eigenvalue weighted by atomic mass is 19.4. The monoisotopic (exact) mass is 475 g/mol.